The van der Waals surface area contributed by atoms with E-state index >= 15 is 0 Å². The molecule has 26 heavy (non-hydrogen) atoms. The van der Waals surface area contributed by atoms with Crippen LogP contribution in [-0.2, 0) is 21.4 Å². The van der Waals surface area contributed by atoms with E-state index in [9.17, 15) is 13.2 Å². The van der Waals surface area contributed by atoms with E-state index in [1.54, 1.807) is 36.7 Å². The summed E-state index contributed by atoms with van der Waals surface area (Å²) in [7, 11) is -3.59. The van der Waals surface area contributed by atoms with Crippen molar-refractivity contribution in [2.45, 2.75) is 24.3 Å². The molecule has 0 saturated carbocycles. The van der Waals surface area contributed by atoms with Gasteiger partial charge in [0.05, 0.1) is 10.8 Å². The van der Waals surface area contributed by atoms with E-state index < -0.39 is 10.0 Å². The number of nitrogens with zero attached hydrogens (tertiary/aromatic N) is 2. The van der Waals surface area contributed by atoms with Gasteiger partial charge in [0, 0.05) is 36.5 Å². The normalized spacial score (nSPS) is 18.4. The van der Waals surface area contributed by atoms with Crippen molar-refractivity contribution < 1.29 is 13.2 Å². The van der Waals surface area contributed by atoms with E-state index in [1.165, 1.54) is 4.31 Å². The number of piperidine rings is 1. The minimum atomic E-state index is -3.59. The molecule has 0 bridgehead atoms. The Hall–Kier alpha value is -1.77. The molecule has 1 fully saturated rings. The second-order valence-electron chi connectivity index (χ2n) is 6.24. The summed E-state index contributed by atoms with van der Waals surface area (Å²) < 4.78 is 27.9. The maximum absolute atomic E-state index is 12.8. The van der Waals surface area contributed by atoms with Crippen molar-refractivity contribution in [2.24, 2.45) is 5.92 Å². The minimum absolute atomic E-state index is 0.121. The molecule has 1 aliphatic heterocycles. The van der Waals surface area contributed by atoms with Crippen LogP contribution in [0, 0.1) is 5.92 Å². The third-order valence-corrected chi connectivity index (χ3v) is 6.80. The second kappa shape index (κ2) is 8.28. The maximum Gasteiger partial charge on any atom is 0.243 e. The van der Waals surface area contributed by atoms with E-state index in [0.717, 1.165) is 10.0 Å². The Balaban J connectivity index is 1.64. The summed E-state index contributed by atoms with van der Waals surface area (Å²) >= 11 is 3.31. The van der Waals surface area contributed by atoms with Crippen molar-refractivity contribution >= 4 is 31.9 Å². The summed E-state index contributed by atoms with van der Waals surface area (Å²) in [5, 5.41) is 2.88. The molecular formula is C18H20BrN3O3S. The fourth-order valence-corrected chi connectivity index (χ4v) is 4.75. The number of halogens is 1. The molecule has 1 atom stereocenters. The molecule has 8 heteroatoms. The fraction of sp³-hybridized carbons (Fsp3) is 0.333. The molecule has 6 nitrogen and oxygen atoms in total. The molecule has 1 amide bonds. The van der Waals surface area contributed by atoms with Crippen LogP contribution in [0.1, 0.15) is 18.4 Å². The molecule has 0 unspecified atom stereocenters. The smallest absolute Gasteiger partial charge is 0.243 e. The van der Waals surface area contributed by atoms with Crippen molar-refractivity contribution in [3.63, 3.8) is 0 Å². The zero-order valence-corrected chi connectivity index (χ0v) is 16.5. The highest BCUT2D eigenvalue weighted by Gasteiger charge is 2.33. The SMILES string of the molecule is O=C(NCc1cccnc1)[C@@H]1CCCN(S(=O)(=O)c2ccc(Br)cc2)C1. The Bertz CT molecular complexity index is 857. The molecule has 1 aliphatic rings. The van der Waals surface area contributed by atoms with E-state index in [1.807, 2.05) is 12.1 Å². The third-order valence-electron chi connectivity index (χ3n) is 4.40. The molecule has 3 rings (SSSR count). The summed E-state index contributed by atoms with van der Waals surface area (Å²) in [6.07, 6.45) is 4.73. The van der Waals surface area contributed by atoms with Crippen LogP contribution >= 0.6 is 15.9 Å². The summed E-state index contributed by atoms with van der Waals surface area (Å²) in [4.78, 5) is 16.7. The Morgan fingerprint density at radius 2 is 2.04 bits per heavy atom. The van der Waals surface area contributed by atoms with Gasteiger partial charge in [0.15, 0.2) is 0 Å². The van der Waals surface area contributed by atoms with Crippen LogP contribution in [0.25, 0.3) is 0 Å². The first kappa shape index (κ1) is 19.0. The lowest BCUT2D eigenvalue weighted by atomic mass is 9.99. The average Bonchev–Trinajstić information content (AvgIpc) is 2.67. The summed E-state index contributed by atoms with van der Waals surface area (Å²) in [6.45, 7) is 1.03. The lowest BCUT2D eigenvalue weighted by molar-refractivity contribution is -0.126. The van der Waals surface area contributed by atoms with Crippen LogP contribution in [0.2, 0.25) is 0 Å². The first-order valence-corrected chi connectivity index (χ1v) is 10.6. The Morgan fingerprint density at radius 3 is 2.73 bits per heavy atom. The second-order valence-corrected chi connectivity index (χ2v) is 9.09. The predicted molar refractivity (Wildman–Crippen MR) is 102 cm³/mol. The third kappa shape index (κ3) is 4.49. The Morgan fingerprint density at radius 1 is 1.27 bits per heavy atom. The van der Waals surface area contributed by atoms with Gasteiger partial charge in [-0.1, -0.05) is 22.0 Å². The van der Waals surface area contributed by atoms with Gasteiger partial charge in [-0.3, -0.25) is 9.78 Å². The Labute approximate surface area is 161 Å². The highest BCUT2D eigenvalue weighted by molar-refractivity contribution is 9.10. The lowest BCUT2D eigenvalue weighted by Crippen LogP contribution is -2.45. The molecule has 1 saturated heterocycles. The topological polar surface area (TPSA) is 79.4 Å². The molecule has 0 radical (unpaired) electrons. The zero-order chi connectivity index (χ0) is 18.6. The first-order chi connectivity index (χ1) is 12.5. The molecular weight excluding hydrogens is 418 g/mol. The number of hydrogen-bond donors (Lipinski definition) is 1. The van der Waals surface area contributed by atoms with Crippen molar-refractivity contribution in [3.05, 3.63) is 58.8 Å². The van der Waals surface area contributed by atoms with Crippen LogP contribution in [0.5, 0.6) is 0 Å². The van der Waals surface area contributed by atoms with Gasteiger partial charge >= 0.3 is 0 Å². The number of aromatic nitrogens is 1. The monoisotopic (exact) mass is 437 g/mol. The van der Waals surface area contributed by atoms with Crippen LogP contribution in [0.4, 0.5) is 0 Å². The van der Waals surface area contributed by atoms with Gasteiger partial charge in [-0.25, -0.2) is 8.42 Å². The van der Waals surface area contributed by atoms with Crippen LogP contribution < -0.4 is 5.32 Å². The number of nitrogens with one attached hydrogen (secondary N) is 1. The van der Waals surface area contributed by atoms with E-state index in [2.05, 4.69) is 26.2 Å². The molecule has 1 N–H and O–H groups in total. The van der Waals surface area contributed by atoms with E-state index in [4.69, 9.17) is 0 Å². The number of pyridine rings is 1. The summed E-state index contributed by atoms with van der Waals surface area (Å²) in [5.74, 6) is -0.463. The lowest BCUT2D eigenvalue weighted by Gasteiger charge is -2.31. The quantitative estimate of drug-likeness (QED) is 0.779. The maximum atomic E-state index is 12.8. The molecule has 1 aromatic heterocycles. The summed E-state index contributed by atoms with van der Waals surface area (Å²) in [5.41, 5.74) is 0.913. The zero-order valence-electron chi connectivity index (χ0n) is 14.1. The highest BCUT2D eigenvalue weighted by atomic mass is 79.9. The molecule has 2 aromatic rings. The fourth-order valence-electron chi connectivity index (χ4n) is 2.97. The van der Waals surface area contributed by atoms with Gasteiger partial charge in [-0.15, -0.1) is 0 Å². The van der Waals surface area contributed by atoms with Crippen molar-refractivity contribution in [1.29, 1.82) is 0 Å². The van der Waals surface area contributed by atoms with Gasteiger partial charge < -0.3 is 5.32 Å². The standard InChI is InChI=1S/C18H20BrN3O3S/c19-16-5-7-17(8-6-16)26(24,25)22-10-2-4-15(13-22)18(23)21-12-14-3-1-9-20-11-14/h1,3,5-9,11,15H,2,4,10,12-13H2,(H,21,23)/t15-/m1/s1. The molecule has 0 spiro atoms. The van der Waals surface area contributed by atoms with Gasteiger partial charge in [-0.2, -0.15) is 4.31 Å². The van der Waals surface area contributed by atoms with Gasteiger partial charge in [0.2, 0.25) is 15.9 Å². The molecule has 138 valence electrons. The van der Waals surface area contributed by atoms with Gasteiger partial charge in [0.1, 0.15) is 0 Å². The average molecular weight is 438 g/mol. The van der Waals surface area contributed by atoms with Crippen LogP contribution in [0.3, 0.4) is 0 Å². The number of rotatable bonds is 5. The molecule has 0 aliphatic carbocycles. The number of carbonyl (C=O) groups is 1. The molecule has 2 heterocycles. The molecule has 1 aromatic carbocycles. The van der Waals surface area contributed by atoms with Crippen molar-refractivity contribution in [1.82, 2.24) is 14.6 Å². The van der Waals surface area contributed by atoms with Gasteiger partial charge in [-0.05, 0) is 48.7 Å². The first-order valence-electron chi connectivity index (χ1n) is 8.39. The number of amides is 1. The van der Waals surface area contributed by atoms with Crippen LogP contribution in [0.15, 0.2) is 58.2 Å². The number of carbonyl (C=O) groups excluding carboxylic acids is 1. The summed E-state index contributed by atoms with van der Waals surface area (Å²) in [6, 6.07) is 10.3. The predicted octanol–water partition coefficient (Wildman–Crippen LogP) is 2.56. The minimum Gasteiger partial charge on any atom is -0.352 e. The Kier molecular flexibility index (Phi) is 6.05. The van der Waals surface area contributed by atoms with Crippen molar-refractivity contribution in [3.8, 4) is 0 Å². The number of sulfonamides is 1. The van der Waals surface area contributed by atoms with Gasteiger partial charge in [0.25, 0.3) is 0 Å². The van der Waals surface area contributed by atoms with Crippen molar-refractivity contribution in [2.75, 3.05) is 13.1 Å². The van der Waals surface area contributed by atoms with E-state index in [0.29, 0.717) is 25.9 Å². The number of benzene rings is 1. The van der Waals surface area contributed by atoms with Crippen LogP contribution in [-0.4, -0.2) is 36.7 Å². The largest absolute Gasteiger partial charge is 0.352 e. The highest BCUT2D eigenvalue weighted by Crippen LogP contribution is 2.25. The van der Waals surface area contributed by atoms with E-state index in [-0.39, 0.29) is 23.3 Å². The number of hydrogen-bond acceptors (Lipinski definition) is 4.